The molecular formula is C12H10ClF3O5S. The van der Waals surface area contributed by atoms with Gasteiger partial charge in [0.15, 0.2) is 5.76 Å². The lowest BCUT2D eigenvalue weighted by Gasteiger charge is -2.12. The molecule has 0 atom stereocenters. The van der Waals surface area contributed by atoms with Gasteiger partial charge >= 0.3 is 21.6 Å². The molecule has 0 saturated heterocycles. The molecule has 122 valence electrons. The molecule has 0 N–H and O–H groups in total. The van der Waals surface area contributed by atoms with E-state index in [0.29, 0.717) is 6.08 Å². The van der Waals surface area contributed by atoms with Crippen molar-refractivity contribution < 1.29 is 35.3 Å². The summed E-state index contributed by atoms with van der Waals surface area (Å²) in [5, 5.41) is 0.262. The molecule has 0 aliphatic rings. The van der Waals surface area contributed by atoms with E-state index in [-0.39, 0.29) is 17.2 Å². The van der Waals surface area contributed by atoms with Gasteiger partial charge in [-0.25, -0.2) is 4.79 Å². The quantitative estimate of drug-likeness (QED) is 0.266. The van der Waals surface area contributed by atoms with Crippen LogP contribution in [-0.4, -0.2) is 26.5 Å². The number of benzene rings is 1. The highest BCUT2D eigenvalue weighted by molar-refractivity contribution is 7.87. The van der Waals surface area contributed by atoms with Crippen molar-refractivity contribution >= 4 is 33.4 Å². The van der Waals surface area contributed by atoms with Gasteiger partial charge in [-0.05, 0) is 31.2 Å². The Morgan fingerprint density at radius 1 is 1.27 bits per heavy atom. The van der Waals surface area contributed by atoms with Gasteiger partial charge in [-0.15, -0.1) is 0 Å². The molecule has 1 aromatic carbocycles. The third-order valence-corrected chi connectivity index (χ3v) is 3.37. The first kappa shape index (κ1) is 18.3. The van der Waals surface area contributed by atoms with E-state index in [1.807, 2.05) is 0 Å². The molecule has 1 rings (SSSR count). The molecule has 0 unspecified atom stereocenters. The first-order chi connectivity index (χ1) is 10.1. The summed E-state index contributed by atoms with van der Waals surface area (Å²) in [7, 11) is -5.92. The molecule has 0 saturated carbocycles. The largest absolute Gasteiger partial charge is 0.534 e. The predicted octanol–water partition coefficient (Wildman–Crippen LogP) is 3.11. The molecule has 0 spiro atoms. The zero-order valence-electron chi connectivity index (χ0n) is 11.1. The molecule has 0 heterocycles. The average molecular weight is 359 g/mol. The second-order valence-corrected chi connectivity index (χ2v) is 5.72. The van der Waals surface area contributed by atoms with Crippen molar-refractivity contribution in [1.29, 1.82) is 0 Å². The van der Waals surface area contributed by atoms with Crippen LogP contribution in [0.4, 0.5) is 13.2 Å². The van der Waals surface area contributed by atoms with Crippen LogP contribution in [0, 0.1) is 0 Å². The Morgan fingerprint density at radius 2 is 1.82 bits per heavy atom. The average Bonchev–Trinajstić information content (AvgIpc) is 2.37. The Balaban J connectivity index is 3.24. The van der Waals surface area contributed by atoms with Crippen molar-refractivity contribution in [2.45, 2.75) is 12.4 Å². The van der Waals surface area contributed by atoms with E-state index < -0.39 is 27.4 Å². The van der Waals surface area contributed by atoms with E-state index in [4.69, 9.17) is 11.6 Å². The highest BCUT2D eigenvalue weighted by Crippen LogP contribution is 2.30. The van der Waals surface area contributed by atoms with Crippen LogP contribution in [-0.2, 0) is 23.8 Å². The number of ether oxygens (including phenoxy) is 1. The number of rotatable bonds is 5. The van der Waals surface area contributed by atoms with Gasteiger partial charge in [-0.1, -0.05) is 11.6 Å². The first-order valence-electron chi connectivity index (χ1n) is 5.72. The number of halogens is 4. The number of alkyl halides is 3. The fourth-order valence-electron chi connectivity index (χ4n) is 1.23. The van der Waals surface area contributed by atoms with Crippen molar-refractivity contribution in [2.24, 2.45) is 0 Å². The summed E-state index contributed by atoms with van der Waals surface area (Å²) in [5.74, 6) is -1.88. The lowest BCUT2D eigenvalue weighted by molar-refractivity contribution is -0.137. The van der Waals surface area contributed by atoms with Crippen LogP contribution >= 0.6 is 11.6 Å². The van der Waals surface area contributed by atoms with Crippen LogP contribution in [0.15, 0.2) is 30.3 Å². The van der Waals surface area contributed by atoms with E-state index in [9.17, 15) is 26.4 Å². The van der Waals surface area contributed by atoms with Crippen LogP contribution in [0.5, 0.6) is 0 Å². The maximum atomic E-state index is 12.4. The molecule has 10 heteroatoms. The highest BCUT2D eigenvalue weighted by atomic mass is 35.5. The van der Waals surface area contributed by atoms with Crippen LogP contribution in [0.1, 0.15) is 12.5 Å². The number of hydrogen-bond acceptors (Lipinski definition) is 5. The minimum atomic E-state index is -5.92. The maximum absolute atomic E-state index is 12.4. The number of esters is 1. The van der Waals surface area contributed by atoms with Crippen LogP contribution in [0.2, 0.25) is 5.02 Å². The van der Waals surface area contributed by atoms with E-state index in [0.717, 1.165) is 0 Å². The Morgan fingerprint density at radius 3 is 2.27 bits per heavy atom. The zero-order chi connectivity index (χ0) is 17.0. The van der Waals surface area contributed by atoms with Crippen LogP contribution < -0.4 is 0 Å². The smallest absolute Gasteiger partial charge is 0.463 e. The highest BCUT2D eigenvalue weighted by Gasteiger charge is 2.49. The Kier molecular flexibility index (Phi) is 5.84. The fraction of sp³-hybridized carbons (Fsp3) is 0.250. The third kappa shape index (κ3) is 4.92. The zero-order valence-corrected chi connectivity index (χ0v) is 12.6. The van der Waals surface area contributed by atoms with Gasteiger partial charge < -0.3 is 8.92 Å². The van der Waals surface area contributed by atoms with Crippen molar-refractivity contribution in [2.75, 3.05) is 6.61 Å². The molecule has 0 aromatic heterocycles. The number of carbonyl (C=O) groups is 1. The van der Waals surface area contributed by atoms with Crippen molar-refractivity contribution in [3.05, 3.63) is 40.9 Å². The van der Waals surface area contributed by atoms with Crippen LogP contribution in [0.3, 0.4) is 0 Å². The predicted molar refractivity (Wildman–Crippen MR) is 72.1 cm³/mol. The van der Waals surface area contributed by atoms with Crippen molar-refractivity contribution in [3.63, 3.8) is 0 Å². The van der Waals surface area contributed by atoms with E-state index in [1.165, 1.54) is 31.2 Å². The molecule has 22 heavy (non-hydrogen) atoms. The summed E-state index contributed by atoms with van der Waals surface area (Å²) >= 11 is 5.63. The monoisotopic (exact) mass is 358 g/mol. The molecule has 0 bridgehead atoms. The number of hydrogen-bond donors (Lipinski definition) is 0. The summed E-state index contributed by atoms with van der Waals surface area (Å²) < 4.78 is 67.8. The Hall–Kier alpha value is -1.74. The summed E-state index contributed by atoms with van der Waals surface area (Å²) in [6.07, 6.45) is 0.510. The molecular weight excluding hydrogens is 349 g/mol. The minimum absolute atomic E-state index is 0.0464. The molecule has 0 amide bonds. The first-order valence-corrected chi connectivity index (χ1v) is 7.50. The van der Waals surface area contributed by atoms with Gasteiger partial charge in [0.2, 0.25) is 0 Å². The van der Waals surface area contributed by atoms with Gasteiger partial charge in [0.05, 0.1) is 12.7 Å². The SMILES string of the molecule is CCOC(=O)/C=C(\OS(=O)(=O)C(F)(F)F)c1ccc(Cl)cc1. The standard InChI is InChI=1S/C12H10ClF3O5S/c1-2-20-11(17)7-10(8-3-5-9(13)6-4-8)21-22(18,19)12(14,15)16/h3-7H,2H2,1H3/b10-7-. The maximum Gasteiger partial charge on any atom is 0.534 e. The Bertz CT molecular complexity index is 665. The molecule has 0 aliphatic carbocycles. The van der Waals surface area contributed by atoms with E-state index in [1.54, 1.807) is 0 Å². The third-order valence-electron chi connectivity index (χ3n) is 2.15. The Labute approximate surface area is 129 Å². The van der Waals surface area contributed by atoms with Gasteiger partial charge in [-0.3, -0.25) is 0 Å². The molecule has 1 aromatic rings. The summed E-state index contributed by atoms with van der Waals surface area (Å²) in [4.78, 5) is 11.3. The van der Waals surface area contributed by atoms with E-state index >= 15 is 0 Å². The fourth-order valence-corrected chi connectivity index (χ4v) is 1.83. The normalized spacial score (nSPS) is 12.9. The van der Waals surface area contributed by atoms with Gasteiger partial charge in [0.1, 0.15) is 0 Å². The molecule has 0 radical (unpaired) electrons. The second kappa shape index (κ2) is 7.01. The summed E-state index contributed by atoms with van der Waals surface area (Å²) in [6.45, 7) is 1.43. The van der Waals surface area contributed by atoms with Gasteiger partial charge in [0.25, 0.3) is 0 Å². The molecule has 0 aliphatic heterocycles. The van der Waals surface area contributed by atoms with Crippen molar-refractivity contribution in [3.8, 4) is 0 Å². The summed E-state index contributed by atoms with van der Waals surface area (Å²) in [5.41, 5.74) is -5.72. The summed E-state index contributed by atoms with van der Waals surface area (Å²) in [6, 6.07) is 4.97. The lowest BCUT2D eigenvalue weighted by Crippen LogP contribution is -2.25. The molecule has 0 fully saturated rings. The van der Waals surface area contributed by atoms with Crippen LogP contribution in [0.25, 0.3) is 5.76 Å². The topological polar surface area (TPSA) is 69.7 Å². The van der Waals surface area contributed by atoms with Crippen molar-refractivity contribution in [1.82, 2.24) is 0 Å². The second-order valence-electron chi connectivity index (χ2n) is 3.75. The minimum Gasteiger partial charge on any atom is -0.463 e. The number of carbonyl (C=O) groups excluding carboxylic acids is 1. The lowest BCUT2D eigenvalue weighted by atomic mass is 10.2. The van der Waals surface area contributed by atoms with E-state index in [2.05, 4.69) is 8.92 Å². The van der Waals surface area contributed by atoms with Gasteiger partial charge in [-0.2, -0.15) is 21.6 Å². The molecule has 5 nitrogen and oxygen atoms in total. The van der Waals surface area contributed by atoms with Gasteiger partial charge in [0, 0.05) is 10.6 Å².